The maximum Gasteiger partial charge on any atom is 0.289 e. The van der Waals surface area contributed by atoms with Crippen LogP contribution in [0.25, 0.3) is 0 Å². The van der Waals surface area contributed by atoms with Gasteiger partial charge in [-0.15, -0.1) is 6.58 Å². The molecule has 7 nitrogen and oxygen atoms in total. The lowest BCUT2D eigenvalue weighted by Gasteiger charge is -2.29. The molecule has 0 aliphatic heterocycles. The molecule has 0 aromatic carbocycles. The van der Waals surface area contributed by atoms with Gasteiger partial charge >= 0.3 is 0 Å². The number of hydrogen-bond acceptors (Lipinski definition) is 5. The van der Waals surface area contributed by atoms with E-state index in [0.29, 0.717) is 25.7 Å². The van der Waals surface area contributed by atoms with Gasteiger partial charge in [-0.25, -0.2) is 0 Å². The molecule has 4 atom stereocenters. The maximum absolute atomic E-state index is 12.9. The molecular weight excluding hydrogens is 394 g/mol. The van der Waals surface area contributed by atoms with Crippen LogP contribution >= 0.6 is 0 Å². The first-order valence-corrected chi connectivity index (χ1v) is 11.6. The van der Waals surface area contributed by atoms with E-state index in [-0.39, 0.29) is 35.5 Å². The average molecular weight is 436 g/mol. The molecule has 0 bridgehead atoms. The lowest BCUT2D eigenvalue weighted by Crippen LogP contribution is -2.49. The van der Waals surface area contributed by atoms with Crippen LogP contribution in [-0.2, 0) is 19.2 Å². The summed E-state index contributed by atoms with van der Waals surface area (Å²) in [5, 5.41) is 5.30. The summed E-state index contributed by atoms with van der Waals surface area (Å²) in [5.41, 5.74) is 5.88. The van der Waals surface area contributed by atoms with Crippen LogP contribution in [0, 0.1) is 17.3 Å². The summed E-state index contributed by atoms with van der Waals surface area (Å²) in [6.07, 6.45) is 6.87. The zero-order chi connectivity index (χ0) is 23.6. The van der Waals surface area contributed by atoms with E-state index in [9.17, 15) is 19.2 Å². The third kappa shape index (κ3) is 8.56. The van der Waals surface area contributed by atoms with Gasteiger partial charge < -0.3 is 16.4 Å². The highest BCUT2D eigenvalue weighted by Crippen LogP contribution is 2.31. The molecule has 0 radical (unpaired) electrons. The SMILES string of the molecule is C=CCNC(=O)C(=O)C(CCCC)NC(=O)[C@@H]1CCCC(C(=O)[C@@H](N)C(C)(C)C)CC1. The van der Waals surface area contributed by atoms with Crippen molar-refractivity contribution in [2.45, 2.75) is 91.1 Å². The van der Waals surface area contributed by atoms with E-state index >= 15 is 0 Å². The molecule has 0 aromatic heterocycles. The van der Waals surface area contributed by atoms with Gasteiger partial charge in [0, 0.05) is 18.4 Å². The maximum atomic E-state index is 12.9. The number of unbranched alkanes of at least 4 members (excludes halogenated alkanes) is 1. The minimum Gasteiger partial charge on any atom is -0.346 e. The number of carbonyl (C=O) groups is 4. The summed E-state index contributed by atoms with van der Waals surface area (Å²) < 4.78 is 0. The zero-order valence-electron chi connectivity index (χ0n) is 19.7. The highest BCUT2D eigenvalue weighted by molar-refractivity contribution is 6.38. The molecule has 1 aliphatic rings. The smallest absolute Gasteiger partial charge is 0.289 e. The molecule has 31 heavy (non-hydrogen) atoms. The third-order valence-electron chi connectivity index (χ3n) is 6.09. The Morgan fingerprint density at radius 2 is 1.71 bits per heavy atom. The fourth-order valence-electron chi connectivity index (χ4n) is 3.91. The largest absolute Gasteiger partial charge is 0.346 e. The van der Waals surface area contributed by atoms with Gasteiger partial charge in [0.1, 0.15) is 0 Å². The van der Waals surface area contributed by atoms with Crippen molar-refractivity contribution in [1.82, 2.24) is 10.6 Å². The van der Waals surface area contributed by atoms with Gasteiger partial charge in [-0.05, 0) is 37.5 Å². The highest BCUT2D eigenvalue weighted by Gasteiger charge is 2.35. The molecule has 0 saturated heterocycles. The van der Waals surface area contributed by atoms with E-state index in [4.69, 9.17) is 5.73 Å². The van der Waals surface area contributed by atoms with E-state index in [0.717, 1.165) is 25.7 Å². The quantitative estimate of drug-likeness (QED) is 0.262. The fraction of sp³-hybridized carbons (Fsp3) is 0.750. The predicted molar refractivity (Wildman–Crippen MR) is 122 cm³/mol. The van der Waals surface area contributed by atoms with Crippen molar-refractivity contribution < 1.29 is 19.2 Å². The Balaban J connectivity index is 2.75. The number of nitrogens with one attached hydrogen (secondary N) is 2. The number of nitrogens with two attached hydrogens (primary N) is 1. The van der Waals surface area contributed by atoms with Gasteiger partial charge in [0.25, 0.3) is 5.91 Å². The van der Waals surface area contributed by atoms with Gasteiger partial charge in [-0.2, -0.15) is 0 Å². The molecule has 176 valence electrons. The normalized spacial score (nSPS) is 21.3. The van der Waals surface area contributed by atoms with Crippen LogP contribution in [0.3, 0.4) is 0 Å². The van der Waals surface area contributed by atoms with E-state index < -0.39 is 23.8 Å². The van der Waals surface area contributed by atoms with E-state index in [1.54, 1.807) is 0 Å². The number of carbonyl (C=O) groups excluding carboxylic acids is 4. The summed E-state index contributed by atoms with van der Waals surface area (Å²) in [7, 11) is 0. The predicted octanol–water partition coefficient (Wildman–Crippen LogP) is 2.67. The first-order valence-electron chi connectivity index (χ1n) is 11.6. The zero-order valence-corrected chi connectivity index (χ0v) is 19.7. The van der Waals surface area contributed by atoms with Crippen LogP contribution in [0.4, 0.5) is 0 Å². The van der Waals surface area contributed by atoms with Gasteiger partial charge in [0.15, 0.2) is 5.78 Å². The van der Waals surface area contributed by atoms with Crippen molar-refractivity contribution >= 4 is 23.4 Å². The van der Waals surface area contributed by atoms with Gasteiger partial charge in [-0.1, -0.05) is 53.0 Å². The summed E-state index contributed by atoms with van der Waals surface area (Å²) >= 11 is 0. The molecule has 0 spiro atoms. The minimum atomic E-state index is -0.827. The molecule has 7 heteroatoms. The number of rotatable bonds is 11. The average Bonchev–Trinajstić information content (AvgIpc) is 2.98. The number of Topliss-reactive ketones (excluding diaryl/α,β-unsaturated/α-hetero) is 2. The van der Waals surface area contributed by atoms with E-state index in [2.05, 4.69) is 17.2 Å². The lowest BCUT2D eigenvalue weighted by atomic mass is 9.79. The summed E-state index contributed by atoms with van der Waals surface area (Å²) in [5.74, 6) is -1.86. The first kappa shape index (κ1) is 27.0. The summed E-state index contributed by atoms with van der Waals surface area (Å²) in [6.45, 7) is 11.6. The molecule has 1 saturated carbocycles. The Labute approximate surface area is 187 Å². The first-order chi connectivity index (χ1) is 14.5. The van der Waals surface area contributed by atoms with Crippen LogP contribution in [0.5, 0.6) is 0 Å². The van der Waals surface area contributed by atoms with Crippen LogP contribution < -0.4 is 16.4 Å². The molecule has 4 N–H and O–H groups in total. The summed E-state index contributed by atoms with van der Waals surface area (Å²) in [6, 6.07) is -1.35. The number of ketones is 2. The van der Waals surface area contributed by atoms with Crippen LogP contribution in [0.1, 0.15) is 79.1 Å². The topological polar surface area (TPSA) is 118 Å². The Kier molecular flexibility index (Phi) is 11.1. The molecule has 1 fully saturated rings. The van der Waals surface area contributed by atoms with Gasteiger partial charge in [0.05, 0.1) is 12.1 Å². The van der Waals surface area contributed by atoms with Crippen molar-refractivity contribution in [3.05, 3.63) is 12.7 Å². The molecule has 1 aliphatic carbocycles. The second-order valence-electron chi connectivity index (χ2n) is 9.71. The van der Waals surface area contributed by atoms with Crippen LogP contribution in [-0.4, -0.2) is 42.0 Å². The van der Waals surface area contributed by atoms with E-state index in [1.165, 1.54) is 6.08 Å². The molecule has 0 heterocycles. The van der Waals surface area contributed by atoms with Crippen LogP contribution in [0.2, 0.25) is 0 Å². The van der Waals surface area contributed by atoms with Crippen molar-refractivity contribution in [3.8, 4) is 0 Å². The third-order valence-corrected chi connectivity index (χ3v) is 6.09. The van der Waals surface area contributed by atoms with Crippen molar-refractivity contribution in [2.24, 2.45) is 23.0 Å². The second kappa shape index (κ2) is 12.7. The highest BCUT2D eigenvalue weighted by atomic mass is 16.2. The number of hydrogen-bond donors (Lipinski definition) is 3. The Morgan fingerprint density at radius 3 is 2.29 bits per heavy atom. The molecule has 0 aromatic rings. The summed E-state index contributed by atoms with van der Waals surface area (Å²) in [4.78, 5) is 50.3. The minimum absolute atomic E-state index is 0.0726. The molecule has 2 amide bonds. The van der Waals surface area contributed by atoms with Gasteiger partial charge in [0.2, 0.25) is 11.7 Å². The van der Waals surface area contributed by atoms with Crippen LogP contribution in [0.15, 0.2) is 12.7 Å². The Morgan fingerprint density at radius 1 is 1.10 bits per heavy atom. The Hall–Kier alpha value is -2.02. The van der Waals surface area contributed by atoms with E-state index in [1.807, 2.05) is 27.7 Å². The molecular formula is C24H41N3O4. The van der Waals surface area contributed by atoms with Crippen molar-refractivity contribution in [1.29, 1.82) is 0 Å². The van der Waals surface area contributed by atoms with Crippen molar-refractivity contribution in [3.63, 3.8) is 0 Å². The molecule has 2 unspecified atom stereocenters. The number of amides is 2. The molecule has 1 rings (SSSR count). The van der Waals surface area contributed by atoms with Crippen molar-refractivity contribution in [2.75, 3.05) is 6.54 Å². The fourth-order valence-corrected chi connectivity index (χ4v) is 3.91. The lowest BCUT2D eigenvalue weighted by molar-refractivity contribution is -0.140. The second-order valence-corrected chi connectivity index (χ2v) is 9.71. The van der Waals surface area contributed by atoms with Gasteiger partial charge in [-0.3, -0.25) is 19.2 Å². The standard InChI is InChI=1S/C24H41N3O4/c1-6-8-12-18(20(29)23(31)26-15-7-2)27-22(30)17-11-9-10-16(13-14-17)19(28)21(25)24(3,4)5/h7,16-18,21H,2,6,8-15,25H2,1,3-5H3,(H,26,31)(H,27,30)/t16?,17-,18?,21-/m1/s1. The monoisotopic (exact) mass is 435 g/mol. The Bertz CT molecular complexity index is 654.